The number of nitrogens with one attached hydrogen (secondary N) is 1. The summed E-state index contributed by atoms with van der Waals surface area (Å²) < 4.78 is 6.87. The molecule has 2 aromatic heterocycles. The summed E-state index contributed by atoms with van der Waals surface area (Å²) in [5.74, 6) is 0.265. The molecule has 1 aromatic carbocycles. The number of carbonyl (C=O) groups excluding carboxylic acids is 1. The van der Waals surface area contributed by atoms with Gasteiger partial charge in [0.15, 0.2) is 0 Å². The van der Waals surface area contributed by atoms with Crippen LogP contribution in [0, 0.1) is 13.8 Å². The number of hydrogen-bond donors (Lipinski definition) is 1. The molecule has 0 saturated carbocycles. The number of nitrogens with zero attached hydrogens (tertiary/aromatic N) is 3. The highest BCUT2D eigenvalue weighted by Gasteiger charge is 2.10. The van der Waals surface area contributed by atoms with Crippen molar-refractivity contribution in [2.75, 3.05) is 12.4 Å². The number of carbonyl (C=O) groups is 1. The van der Waals surface area contributed by atoms with Gasteiger partial charge in [0.1, 0.15) is 0 Å². The Hall–Kier alpha value is -3.41. The van der Waals surface area contributed by atoms with Crippen LogP contribution in [-0.2, 0) is 4.79 Å². The Bertz CT molecular complexity index is 928. The van der Waals surface area contributed by atoms with Crippen molar-refractivity contribution in [2.45, 2.75) is 13.8 Å². The van der Waals surface area contributed by atoms with Gasteiger partial charge in [0, 0.05) is 23.4 Å². The number of para-hydroxylation sites is 1. The van der Waals surface area contributed by atoms with Crippen LogP contribution in [0.1, 0.15) is 17.0 Å². The highest BCUT2D eigenvalue weighted by atomic mass is 16.5. The molecule has 6 heteroatoms. The molecule has 0 unspecified atom stereocenters. The molecule has 26 heavy (non-hydrogen) atoms. The van der Waals surface area contributed by atoms with Gasteiger partial charge in [-0.05, 0) is 38.1 Å². The average molecular weight is 348 g/mol. The minimum Gasteiger partial charge on any atom is -0.481 e. The van der Waals surface area contributed by atoms with Gasteiger partial charge < -0.3 is 10.1 Å². The first kappa shape index (κ1) is 17.4. The lowest BCUT2D eigenvalue weighted by atomic mass is 10.2. The molecular weight excluding hydrogens is 328 g/mol. The number of aryl methyl sites for hydroxylation is 1. The number of benzene rings is 1. The second-order valence-corrected chi connectivity index (χ2v) is 5.74. The van der Waals surface area contributed by atoms with Crippen LogP contribution < -0.4 is 10.1 Å². The molecule has 0 bridgehead atoms. The van der Waals surface area contributed by atoms with Crippen molar-refractivity contribution in [3.63, 3.8) is 0 Å². The molecule has 0 aliphatic carbocycles. The summed E-state index contributed by atoms with van der Waals surface area (Å²) in [6.45, 7) is 3.91. The SMILES string of the molecule is COc1ccc(NC(=O)/C=C/c2c(C)nn(-c3ccccc3)c2C)cn1. The maximum absolute atomic E-state index is 12.2. The molecule has 0 aliphatic rings. The lowest BCUT2D eigenvalue weighted by Gasteiger charge is -2.04. The minimum absolute atomic E-state index is 0.233. The van der Waals surface area contributed by atoms with Gasteiger partial charge in [-0.15, -0.1) is 0 Å². The molecule has 0 fully saturated rings. The first-order valence-electron chi connectivity index (χ1n) is 8.19. The quantitative estimate of drug-likeness (QED) is 0.716. The molecular formula is C20H20N4O2. The number of anilines is 1. The van der Waals surface area contributed by atoms with Crippen molar-refractivity contribution in [2.24, 2.45) is 0 Å². The van der Waals surface area contributed by atoms with Gasteiger partial charge in [-0.3, -0.25) is 4.79 Å². The molecule has 1 N–H and O–H groups in total. The van der Waals surface area contributed by atoms with Crippen LogP contribution in [0.2, 0.25) is 0 Å². The van der Waals surface area contributed by atoms with Crippen LogP contribution >= 0.6 is 0 Å². The maximum Gasteiger partial charge on any atom is 0.248 e. The smallest absolute Gasteiger partial charge is 0.248 e. The van der Waals surface area contributed by atoms with E-state index in [0.29, 0.717) is 11.6 Å². The van der Waals surface area contributed by atoms with Crippen LogP contribution in [0.5, 0.6) is 5.88 Å². The van der Waals surface area contributed by atoms with E-state index in [2.05, 4.69) is 15.4 Å². The second kappa shape index (κ2) is 7.65. The average Bonchev–Trinajstić information content (AvgIpc) is 2.95. The fraction of sp³-hybridized carbons (Fsp3) is 0.150. The van der Waals surface area contributed by atoms with Crippen molar-refractivity contribution in [1.29, 1.82) is 0 Å². The summed E-state index contributed by atoms with van der Waals surface area (Å²) >= 11 is 0. The Kier molecular flexibility index (Phi) is 5.12. The van der Waals surface area contributed by atoms with E-state index in [4.69, 9.17) is 4.74 Å². The lowest BCUT2D eigenvalue weighted by Crippen LogP contribution is -2.08. The van der Waals surface area contributed by atoms with E-state index in [1.165, 1.54) is 6.08 Å². The van der Waals surface area contributed by atoms with Gasteiger partial charge >= 0.3 is 0 Å². The van der Waals surface area contributed by atoms with Gasteiger partial charge in [-0.1, -0.05) is 18.2 Å². The molecule has 132 valence electrons. The lowest BCUT2D eigenvalue weighted by molar-refractivity contribution is -0.111. The third kappa shape index (κ3) is 3.80. The van der Waals surface area contributed by atoms with E-state index >= 15 is 0 Å². The van der Waals surface area contributed by atoms with Crippen LogP contribution in [0.15, 0.2) is 54.7 Å². The molecule has 2 heterocycles. The predicted molar refractivity (Wildman–Crippen MR) is 101 cm³/mol. The van der Waals surface area contributed by atoms with E-state index in [1.54, 1.807) is 31.5 Å². The minimum atomic E-state index is -0.233. The zero-order valence-electron chi connectivity index (χ0n) is 14.9. The number of aromatic nitrogens is 3. The number of ether oxygens (including phenoxy) is 1. The third-order valence-corrected chi connectivity index (χ3v) is 3.96. The zero-order valence-corrected chi connectivity index (χ0v) is 14.9. The van der Waals surface area contributed by atoms with E-state index in [-0.39, 0.29) is 5.91 Å². The summed E-state index contributed by atoms with van der Waals surface area (Å²) in [6.07, 6.45) is 4.83. The van der Waals surface area contributed by atoms with Crippen molar-refractivity contribution in [3.8, 4) is 11.6 Å². The van der Waals surface area contributed by atoms with Crippen LogP contribution in [0.25, 0.3) is 11.8 Å². The zero-order chi connectivity index (χ0) is 18.5. The van der Waals surface area contributed by atoms with Crippen LogP contribution in [-0.4, -0.2) is 27.8 Å². The largest absolute Gasteiger partial charge is 0.481 e. The fourth-order valence-corrected chi connectivity index (χ4v) is 2.63. The number of methoxy groups -OCH3 is 1. The van der Waals surface area contributed by atoms with Gasteiger partial charge in [0.05, 0.1) is 30.4 Å². The molecule has 0 spiro atoms. The Morgan fingerprint density at radius 1 is 1.15 bits per heavy atom. The van der Waals surface area contributed by atoms with Crippen LogP contribution in [0.3, 0.4) is 0 Å². The summed E-state index contributed by atoms with van der Waals surface area (Å²) in [5.41, 5.74) is 4.36. The van der Waals surface area contributed by atoms with E-state index in [1.807, 2.05) is 48.9 Å². The Labute approximate surface area is 152 Å². The predicted octanol–water partition coefficient (Wildman–Crippen LogP) is 3.54. The first-order chi connectivity index (χ1) is 12.6. The first-order valence-corrected chi connectivity index (χ1v) is 8.19. The standard InChI is InChI=1S/C20H20N4O2/c1-14-18(15(2)24(23-14)17-7-5-4-6-8-17)10-11-19(25)22-16-9-12-20(26-3)21-13-16/h4-13H,1-3H3,(H,22,25)/b11-10+. The second-order valence-electron chi connectivity index (χ2n) is 5.74. The van der Waals surface area contributed by atoms with E-state index in [0.717, 1.165) is 22.6 Å². The summed E-state index contributed by atoms with van der Waals surface area (Å²) in [5, 5.41) is 7.34. The Morgan fingerprint density at radius 2 is 1.92 bits per heavy atom. The molecule has 6 nitrogen and oxygen atoms in total. The van der Waals surface area contributed by atoms with Gasteiger partial charge in [0.2, 0.25) is 11.8 Å². The number of amides is 1. The highest BCUT2D eigenvalue weighted by molar-refractivity contribution is 6.02. The Balaban J connectivity index is 1.75. The molecule has 1 amide bonds. The highest BCUT2D eigenvalue weighted by Crippen LogP contribution is 2.19. The summed E-state index contributed by atoms with van der Waals surface area (Å²) in [7, 11) is 1.55. The molecule has 3 aromatic rings. The van der Waals surface area contributed by atoms with E-state index < -0.39 is 0 Å². The van der Waals surface area contributed by atoms with Crippen molar-refractivity contribution in [1.82, 2.24) is 14.8 Å². The fourth-order valence-electron chi connectivity index (χ4n) is 2.63. The van der Waals surface area contributed by atoms with Crippen molar-refractivity contribution >= 4 is 17.7 Å². The van der Waals surface area contributed by atoms with Crippen molar-refractivity contribution in [3.05, 3.63) is 71.7 Å². The summed E-state index contributed by atoms with van der Waals surface area (Å²) in [6, 6.07) is 13.3. The van der Waals surface area contributed by atoms with Gasteiger partial charge in [0.25, 0.3) is 0 Å². The van der Waals surface area contributed by atoms with E-state index in [9.17, 15) is 4.79 Å². The Morgan fingerprint density at radius 3 is 2.58 bits per heavy atom. The molecule has 0 aliphatic heterocycles. The monoisotopic (exact) mass is 348 g/mol. The molecule has 0 radical (unpaired) electrons. The molecule has 3 rings (SSSR count). The summed E-state index contributed by atoms with van der Waals surface area (Å²) in [4.78, 5) is 16.2. The number of rotatable bonds is 5. The number of pyridine rings is 1. The number of hydrogen-bond acceptors (Lipinski definition) is 4. The normalized spacial score (nSPS) is 10.9. The van der Waals surface area contributed by atoms with Gasteiger partial charge in [-0.2, -0.15) is 5.10 Å². The molecule has 0 atom stereocenters. The third-order valence-electron chi connectivity index (χ3n) is 3.96. The topological polar surface area (TPSA) is 69.0 Å². The maximum atomic E-state index is 12.2. The van der Waals surface area contributed by atoms with Gasteiger partial charge in [-0.25, -0.2) is 9.67 Å². The van der Waals surface area contributed by atoms with Crippen LogP contribution in [0.4, 0.5) is 5.69 Å². The molecule has 0 saturated heterocycles. The van der Waals surface area contributed by atoms with Crippen molar-refractivity contribution < 1.29 is 9.53 Å².